The fourth-order valence-corrected chi connectivity index (χ4v) is 1.23. The molecule has 0 spiro atoms. The van der Waals surface area contributed by atoms with Crippen molar-refractivity contribution >= 4 is 12.0 Å². The third-order valence-corrected chi connectivity index (χ3v) is 1.89. The van der Waals surface area contributed by atoms with Crippen LogP contribution < -0.4 is 5.32 Å². The van der Waals surface area contributed by atoms with Crippen LogP contribution in [0.5, 0.6) is 0 Å². The van der Waals surface area contributed by atoms with E-state index < -0.39 is 0 Å². The van der Waals surface area contributed by atoms with Crippen molar-refractivity contribution in [1.29, 1.82) is 0 Å². The van der Waals surface area contributed by atoms with Gasteiger partial charge < -0.3 is 5.32 Å². The SMILES string of the molecule is C=CNC(=O)Cc1ccccc1C=C. The lowest BCUT2D eigenvalue weighted by atomic mass is 10.0. The number of rotatable bonds is 4. The largest absolute Gasteiger partial charge is 0.333 e. The summed E-state index contributed by atoms with van der Waals surface area (Å²) in [7, 11) is 0. The molecule has 0 saturated heterocycles. The number of carbonyl (C=O) groups is 1. The Morgan fingerprint density at radius 1 is 1.36 bits per heavy atom. The van der Waals surface area contributed by atoms with Gasteiger partial charge >= 0.3 is 0 Å². The van der Waals surface area contributed by atoms with Crippen LogP contribution in [0.15, 0.2) is 43.6 Å². The predicted molar refractivity (Wildman–Crippen MR) is 58.6 cm³/mol. The summed E-state index contributed by atoms with van der Waals surface area (Å²) in [5.41, 5.74) is 1.97. The highest BCUT2D eigenvalue weighted by atomic mass is 16.1. The fraction of sp³-hybridized carbons (Fsp3) is 0.0833. The zero-order valence-corrected chi connectivity index (χ0v) is 7.99. The molecular weight excluding hydrogens is 174 g/mol. The summed E-state index contributed by atoms with van der Waals surface area (Å²) in [4.78, 5) is 11.3. The summed E-state index contributed by atoms with van der Waals surface area (Å²) in [6.07, 6.45) is 3.49. The van der Waals surface area contributed by atoms with Crippen molar-refractivity contribution in [3.8, 4) is 0 Å². The standard InChI is InChI=1S/C12H13NO/c1-3-10-7-5-6-8-11(10)9-12(14)13-4-2/h3-8H,1-2,9H2,(H,13,14). The number of hydrogen-bond acceptors (Lipinski definition) is 1. The Kier molecular flexibility index (Phi) is 3.68. The number of amides is 1. The molecule has 1 amide bonds. The first-order valence-electron chi connectivity index (χ1n) is 4.38. The molecule has 0 atom stereocenters. The maximum atomic E-state index is 11.3. The van der Waals surface area contributed by atoms with Gasteiger partial charge in [0.1, 0.15) is 0 Å². The molecule has 0 aliphatic carbocycles. The van der Waals surface area contributed by atoms with Crippen LogP contribution in [-0.2, 0) is 11.2 Å². The molecule has 2 heteroatoms. The van der Waals surface area contributed by atoms with E-state index >= 15 is 0 Å². The van der Waals surface area contributed by atoms with E-state index in [1.54, 1.807) is 6.08 Å². The fourth-order valence-electron chi connectivity index (χ4n) is 1.23. The van der Waals surface area contributed by atoms with E-state index in [-0.39, 0.29) is 5.91 Å². The normalized spacial score (nSPS) is 9.14. The second-order valence-corrected chi connectivity index (χ2v) is 2.85. The lowest BCUT2D eigenvalue weighted by molar-refractivity contribution is -0.119. The molecule has 0 radical (unpaired) electrons. The van der Waals surface area contributed by atoms with E-state index in [2.05, 4.69) is 18.5 Å². The summed E-state index contributed by atoms with van der Waals surface area (Å²) in [5, 5.41) is 2.54. The van der Waals surface area contributed by atoms with Gasteiger partial charge in [-0.1, -0.05) is 43.5 Å². The Balaban J connectivity index is 2.79. The molecule has 1 aromatic carbocycles. The molecular formula is C12H13NO. The summed E-state index contributed by atoms with van der Waals surface area (Å²) in [6, 6.07) is 7.68. The van der Waals surface area contributed by atoms with Crippen molar-refractivity contribution in [3.05, 3.63) is 54.8 Å². The van der Waals surface area contributed by atoms with Crippen LogP contribution in [0.4, 0.5) is 0 Å². The van der Waals surface area contributed by atoms with Crippen molar-refractivity contribution < 1.29 is 4.79 Å². The Morgan fingerprint density at radius 2 is 2.07 bits per heavy atom. The third kappa shape index (κ3) is 2.59. The molecule has 0 unspecified atom stereocenters. The van der Waals surface area contributed by atoms with E-state index in [0.29, 0.717) is 6.42 Å². The highest BCUT2D eigenvalue weighted by molar-refractivity contribution is 5.80. The van der Waals surface area contributed by atoms with Crippen LogP contribution in [-0.4, -0.2) is 5.91 Å². The van der Waals surface area contributed by atoms with Crippen molar-refractivity contribution in [2.24, 2.45) is 0 Å². The zero-order chi connectivity index (χ0) is 10.4. The molecule has 0 heterocycles. The molecule has 1 aromatic rings. The molecule has 0 aliphatic heterocycles. The third-order valence-electron chi connectivity index (χ3n) is 1.89. The molecule has 72 valence electrons. The van der Waals surface area contributed by atoms with Crippen molar-refractivity contribution in [2.75, 3.05) is 0 Å². The maximum Gasteiger partial charge on any atom is 0.228 e. The van der Waals surface area contributed by atoms with E-state index in [4.69, 9.17) is 0 Å². The molecule has 14 heavy (non-hydrogen) atoms. The van der Waals surface area contributed by atoms with Crippen LogP contribution in [0.2, 0.25) is 0 Å². The van der Waals surface area contributed by atoms with Gasteiger partial charge in [0.05, 0.1) is 6.42 Å². The van der Waals surface area contributed by atoms with E-state index in [1.807, 2.05) is 24.3 Å². The monoisotopic (exact) mass is 187 g/mol. The van der Waals surface area contributed by atoms with Crippen LogP contribution in [0, 0.1) is 0 Å². The Morgan fingerprint density at radius 3 is 2.71 bits per heavy atom. The summed E-state index contributed by atoms with van der Waals surface area (Å²) in [6.45, 7) is 7.13. The first-order chi connectivity index (χ1) is 6.77. The Hall–Kier alpha value is -1.83. The first kappa shape index (κ1) is 10.3. The molecule has 0 aliphatic rings. The van der Waals surface area contributed by atoms with Gasteiger partial charge in [0.15, 0.2) is 0 Å². The number of nitrogens with one attached hydrogen (secondary N) is 1. The highest BCUT2D eigenvalue weighted by Crippen LogP contribution is 2.10. The summed E-state index contributed by atoms with van der Waals surface area (Å²) < 4.78 is 0. The highest BCUT2D eigenvalue weighted by Gasteiger charge is 2.03. The minimum absolute atomic E-state index is 0.0608. The van der Waals surface area contributed by atoms with E-state index in [1.165, 1.54) is 6.20 Å². The first-order valence-corrected chi connectivity index (χ1v) is 4.38. The van der Waals surface area contributed by atoms with Gasteiger partial charge in [0.25, 0.3) is 0 Å². The van der Waals surface area contributed by atoms with Crippen molar-refractivity contribution in [2.45, 2.75) is 6.42 Å². The average Bonchev–Trinajstić information content (AvgIpc) is 2.19. The average molecular weight is 187 g/mol. The summed E-state index contributed by atoms with van der Waals surface area (Å²) in [5.74, 6) is -0.0608. The molecule has 1 rings (SSSR count). The van der Waals surface area contributed by atoms with Gasteiger partial charge in [-0.15, -0.1) is 0 Å². The van der Waals surface area contributed by atoms with Crippen LogP contribution in [0.25, 0.3) is 6.08 Å². The van der Waals surface area contributed by atoms with Crippen LogP contribution in [0.1, 0.15) is 11.1 Å². The van der Waals surface area contributed by atoms with Crippen LogP contribution in [0.3, 0.4) is 0 Å². The lowest BCUT2D eigenvalue weighted by Crippen LogP contribution is -2.19. The molecule has 0 aromatic heterocycles. The Labute approximate surface area is 84.0 Å². The predicted octanol–water partition coefficient (Wildman–Crippen LogP) is 2.13. The van der Waals surface area contributed by atoms with Crippen molar-refractivity contribution in [1.82, 2.24) is 5.32 Å². The second kappa shape index (κ2) is 5.02. The molecule has 1 N–H and O–H groups in total. The van der Waals surface area contributed by atoms with Gasteiger partial charge in [-0.05, 0) is 17.3 Å². The number of carbonyl (C=O) groups excluding carboxylic acids is 1. The van der Waals surface area contributed by atoms with E-state index in [9.17, 15) is 4.79 Å². The quantitative estimate of drug-likeness (QED) is 0.768. The van der Waals surface area contributed by atoms with Gasteiger partial charge in [0.2, 0.25) is 5.91 Å². The van der Waals surface area contributed by atoms with Gasteiger partial charge in [-0.25, -0.2) is 0 Å². The van der Waals surface area contributed by atoms with Gasteiger partial charge in [0, 0.05) is 0 Å². The lowest BCUT2D eigenvalue weighted by Gasteiger charge is -2.04. The topological polar surface area (TPSA) is 29.1 Å². The Bertz CT molecular complexity index is 355. The minimum atomic E-state index is -0.0608. The number of benzene rings is 1. The smallest absolute Gasteiger partial charge is 0.228 e. The maximum absolute atomic E-state index is 11.3. The molecule has 0 saturated carbocycles. The van der Waals surface area contributed by atoms with Gasteiger partial charge in [-0.2, -0.15) is 0 Å². The summed E-state index contributed by atoms with van der Waals surface area (Å²) >= 11 is 0. The molecule has 0 fully saturated rings. The number of hydrogen-bond donors (Lipinski definition) is 1. The van der Waals surface area contributed by atoms with E-state index in [0.717, 1.165) is 11.1 Å². The second-order valence-electron chi connectivity index (χ2n) is 2.85. The van der Waals surface area contributed by atoms with Crippen molar-refractivity contribution in [3.63, 3.8) is 0 Å². The molecule has 2 nitrogen and oxygen atoms in total. The minimum Gasteiger partial charge on any atom is -0.333 e. The zero-order valence-electron chi connectivity index (χ0n) is 7.99. The van der Waals surface area contributed by atoms with Crippen LogP contribution >= 0.6 is 0 Å². The van der Waals surface area contributed by atoms with Gasteiger partial charge in [-0.3, -0.25) is 4.79 Å². The molecule has 0 bridgehead atoms.